The second kappa shape index (κ2) is 8.31. The smallest absolute Gasteiger partial charge is 0.341 e. The van der Waals surface area contributed by atoms with Crippen LogP contribution in [0.1, 0.15) is 39.3 Å². The molecular weight excluding hydrogens is 404 g/mol. The summed E-state index contributed by atoms with van der Waals surface area (Å²) in [4.78, 5) is 30.2. The second-order valence-electron chi connectivity index (χ2n) is 7.20. The van der Waals surface area contributed by atoms with Crippen LogP contribution in [0.25, 0.3) is 11.5 Å². The molecule has 1 aromatic carbocycles. The number of thiophene rings is 1. The molecule has 30 heavy (non-hydrogen) atoms. The van der Waals surface area contributed by atoms with E-state index in [4.69, 9.17) is 13.9 Å². The monoisotopic (exact) mass is 426 g/mol. The maximum absolute atomic E-state index is 12.7. The van der Waals surface area contributed by atoms with Crippen molar-refractivity contribution in [3.8, 4) is 17.2 Å². The Morgan fingerprint density at radius 2 is 1.97 bits per heavy atom. The van der Waals surface area contributed by atoms with Crippen LogP contribution in [-0.2, 0) is 16.1 Å². The molecule has 0 saturated heterocycles. The molecule has 0 bridgehead atoms. The van der Waals surface area contributed by atoms with E-state index in [9.17, 15) is 9.59 Å². The van der Waals surface area contributed by atoms with Gasteiger partial charge in [-0.05, 0) is 56.5 Å². The highest BCUT2D eigenvalue weighted by molar-refractivity contribution is 7.16. The van der Waals surface area contributed by atoms with Gasteiger partial charge in [0, 0.05) is 16.4 Å². The maximum Gasteiger partial charge on any atom is 0.341 e. The molecule has 2 aromatic heterocycles. The Morgan fingerprint density at radius 1 is 1.23 bits per heavy atom. The van der Waals surface area contributed by atoms with E-state index in [-0.39, 0.29) is 18.4 Å². The van der Waals surface area contributed by atoms with Gasteiger partial charge in [-0.3, -0.25) is 4.79 Å². The van der Waals surface area contributed by atoms with Crippen LogP contribution >= 0.6 is 11.3 Å². The van der Waals surface area contributed by atoms with Crippen molar-refractivity contribution in [1.29, 1.82) is 0 Å². The largest absolute Gasteiger partial charge is 0.497 e. The highest BCUT2D eigenvalue weighted by Gasteiger charge is 2.31. The SMILES string of the molecule is COc1ccc(-c2nc(COC(=O)c3c(NC(=O)C4CC4)sc(C)c3C)co2)cc1. The second-order valence-corrected chi connectivity index (χ2v) is 8.42. The molecule has 0 unspecified atom stereocenters. The number of hydrogen-bond acceptors (Lipinski definition) is 7. The van der Waals surface area contributed by atoms with E-state index in [0.29, 0.717) is 22.1 Å². The number of rotatable bonds is 7. The third-order valence-corrected chi connectivity index (χ3v) is 6.14. The van der Waals surface area contributed by atoms with E-state index in [1.807, 2.05) is 38.1 Å². The number of aromatic nitrogens is 1. The number of amides is 1. The van der Waals surface area contributed by atoms with Gasteiger partial charge in [0.1, 0.15) is 29.3 Å². The zero-order valence-electron chi connectivity index (χ0n) is 17.0. The highest BCUT2D eigenvalue weighted by atomic mass is 32.1. The number of nitrogens with zero attached hydrogens (tertiary/aromatic N) is 1. The van der Waals surface area contributed by atoms with Gasteiger partial charge in [-0.15, -0.1) is 11.3 Å². The Hall–Kier alpha value is -3.13. The fourth-order valence-electron chi connectivity index (χ4n) is 2.97. The van der Waals surface area contributed by atoms with Gasteiger partial charge in [-0.25, -0.2) is 9.78 Å². The molecule has 3 aromatic rings. The molecule has 1 saturated carbocycles. The van der Waals surface area contributed by atoms with E-state index in [2.05, 4.69) is 10.3 Å². The Balaban J connectivity index is 1.43. The quantitative estimate of drug-likeness (QED) is 0.549. The lowest BCUT2D eigenvalue weighted by Gasteiger charge is -2.07. The molecule has 1 N–H and O–H groups in total. The molecule has 8 heteroatoms. The first-order chi connectivity index (χ1) is 14.5. The van der Waals surface area contributed by atoms with Crippen LogP contribution in [0.2, 0.25) is 0 Å². The summed E-state index contributed by atoms with van der Waals surface area (Å²) in [7, 11) is 1.60. The number of hydrogen-bond donors (Lipinski definition) is 1. The van der Waals surface area contributed by atoms with Crippen molar-refractivity contribution in [3.05, 3.63) is 52.2 Å². The third kappa shape index (κ3) is 4.23. The first-order valence-corrected chi connectivity index (χ1v) is 10.4. The van der Waals surface area contributed by atoms with Crippen molar-refractivity contribution in [2.24, 2.45) is 5.92 Å². The van der Waals surface area contributed by atoms with Crippen molar-refractivity contribution in [3.63, 3.8) is 0 Å². The zero-order valence-corrected chi connectivity index (χ0v) is 17.8. The lowest BCUT2D eigenvalue weighted by molar-refractivity contribution is -0.117. The molecule has 0 spiro atoms. The van der Waals surface area contributed by atoms with Crippen molar-refractivity contribution >= 4 is 28.2 Å². The topological polar surface area (TPSA) is 90.7 Å². The normalized spacial score (nSPS) is 13.2. The van der Waals surface area contributed by atoms with E-state index < -0.39 is 5.97 Å². The Labute approximate surface area is 178 Å². The summed E-state index contributed by atoms with van der Waals surface area (Å²) in [5, 5.41) is 3.43. The average Bonchev–Trinajstić information content (AvgIpc) is 3.43. The Kier molecular flexibility index (Phi) is 5.59. The molecule has 1 amide bonds. The minimum absolute atomic E-state index is 0.0250. The maximum atomic E-state index is 12.7. The number of nitrogens with one attached hydrogen (secondary N) is 1. The Bertz CT molecular complexity index is 1080. The standard InChI is InChI=1S/C22H22N2O5S/c1-12-13(2)30-21(24-19(25)14-4-5-14)18(12)22(26)29-11-16-10-28-20(23-16)15-6-8-17(27-3)9-7-15/h6-10,14H,4-5,11H2,1-3H3,(H,24,25). The van der Waals surface area contributed by atoms with Crippen LogP contribution in [0.5, 0.6) is 5.75 Å². The van der Waals surface area contributed by atoms with Gasteiger partial charge in [-0.2, -0.15) is 0 Å². The number of carbonyl (C=O) groups excluding carboxylic acids is 2. The molecule has 0 aliphatic heterocycles. The molecule has 1 aliphatic rings. The van der Waals surface area contributed by atoms with Gasteiger partial charge in [0.05, 0.1) is 12.7 Å². The zero-order chi connectivity index (χ0) is 21.3. The summed E-state index contributed by atoms with van der Waals surface area (Å²) < 4.78 is 16.1. The number of esters is 1. The summed E-state index contributed by atoms with van der Waals surface area (Å²) in [6, 6.07) is 7.32. The molecule has 156 valence electrons. The van der Waals surface area contributed by atoms with Gasteiger partial charge in [0.15, 0.2) is 0 Å². The molecule has 0 atom stereocenters. The minimum Gasteiger partial charge on any atom is -0.497 e. The van der Waals surface area contributed by atoms with Crippen molar-refractivity contribution < 1.29 is 23.5 Å². The molecule has 1 fully saturated rings. The first-order valence-electron chi connectivity index (χ1n) is 9.63. The Morgan fingerprint density at radius 3 is 2.63 bits per heavy atom. The van der Waals surface area contributed by atoms with E-state index in [0.717, 1.165) is 34.6 Å². The van der Waals surface area contributed by atoms with Gasteiger partial charge in [-0.1, -0.05) is 0 Å². The first kappa shape index (κ1) is 20.2. The van der Waals surface area contributed by atoms with Crippen molar-refractivity contribution in [2.75, 3.05) is 12.4 Å². The fraction of sp³-hybridized carbons (Fsp3) is 0.318. The average molecular weight is 426 g/mol. The predicted molar refractivity (Wildman–Crippen MR) is 113 cm³/mol. The highest BCUT2D eigenvalue weighted by Crippen LogP contribution is 2.36. The number of anilines is 1. The fourth-order valence-corrected chi connectivity index (χ4v) is 4.02. The molecule has 0 radical (unpaired) electrons. The summed E-state index contributed by atoms with van der Waals surface area (Å²) in [5.41, 5.74) is 2.52. The lowest BCUT2D eigenvalue weighted by atomic mass is 10.1. The van der Waals surface area contributed by atoms with Crippen LogP contribution in [0, 0.1) is 19.8 Å². The summed E-state index contributed by atoms with van der Waals surface area (Å²) >= 11 is 1.39. The van der Waals surface area contributed by atoms with E-state index in [1.54, 1.807) is 7.11 Å². The predicted octanol–water partition coefficient (Wildman–Crippen LogP) is 4.73. The third-order valence-electron chi connectivity index (χ3n) is 5.01. The number of methoxy groups -OCH3 is 1. The number of aryl methyl sites for hydroxylation is 1. The molecule has 7 nitrogen and oxygen atoms in total. The van der Waals surface area contributed by atoms with Crippen LogP contribution in [0.3, 0.4) is 0 Å². The number of carbonyl (C=O) groups is 2. The summed E-state index contributed by atoms with van der Waals surface area (Å²) in [6.07, 6.45) is 3.27. The minimum atomic E-state index is -0.489. The van der Waals surface area contributed by atoms with Crippen molar-refractivity contribution in [1.82, 2.24) is 4.98 Å². The number of ether oxygens (including phenoxy) is 2. The van der Waals surface area contributed by atoms with Crippen molar-refractivity contribution in [2.45, 2.75) is 33.3 Å². The molecule has 1 aliphatic carbocycles. The van der Waals surface area contributed by atoms with Gasteiger partial charge < -0.3 is 19.2 Å². The molecule has 4 rings (SSSR count). The van der Waals surface area contributed by atoms with E-state index in [1.165, 1.54) is 17.6 Å². The van der Waals surface area contributed by atoms with Crippen LogP contribution < -0.4 is 10.1 Å². The van der Waals surface area contributed by atoms with Crippen LogP contribution in [0.4, 0.5) is 5.00 Å². The summed E-state index contributed by atoms with van der Waals surface area (Å²) in [5.74, 6) is 0.708. The number of oxazole rings is 1. The molecule has 2 heterocycles. The van der Waals surface area contributed by atoms with Gasteiger partial charge in [0.2, 0.25) is 11.8 Å². The van der Waals surface area contributed by atoms with Gasteiger partial charge >= 0.3 is 5.97 Å². The van der Waals surface area contributed by atoms with E-state index >= 15 is 0 Å². The summed E-state index contributed by atoms with van der Waals surface area (Å²) in [6.45, 7) is 3.75. The van der Waals surface area contributed by atoms with Gasteiger partial charge in [0.25, 0.3) is 0 Å². The lowest BCUT2D eigenvalue weighted by Crippen LogP contribution is -2.16. The number of benzene rings is 1. The molecular formula is C22H22N2O5S. The van der Waals surface area contributed by atoms with Crippen LogP contribution in [-0.4, -0.2) is 24.0 Å². The van der Waals surface area contributed by atoms with Crippen LogP contribution in [0.15, 0.2) is 34.9 Å².